The molecule has 0 amide bonds. The first-order valence-electron chi connectivity index (χ1n) is 23.6. The van der Waals surface area contributed by atoms with Gasteiger partial charge in [-0.1, -0.05) is 150 Å². The Kier molecular flexibility index (Phi) is 36.6. The summed E-state index contributed by atoms with van der Waals surface area (Å²) in [5, 5.41) is 50.2. The first-order valence-corrected chi connectivity index (χ1v) is 25.1. The third kappa shape index (κ3) is 31.7. The largest absolute Gasteiger partial charge is 0.472 e. The fraction of sp³-hybridized carbons (Fsp3) is 0.660. The number of phosphoric ester groups is 1. The Bertz CT molecular complexity index is 1400. The summed E-state index contributed by atoms with van der Waals surface area (Å²) in [6.07, 6.45) is 41.9. The number of ether oxygens (including phenoxy) is 2. The highest BCUT2D eigenvalue weighted by atomic mass is 31.2. The van der Waals surface area contributed by atoms with Gasteiger partial charge in [-0.05, 0) is 89.9 Å². The third-order valence-corrected chi connectivity index (χ3v) is 11.2. The predicted octanol–water partition coefficient (Wildman–Crippen LogP) is 9.92. The van der Waals surface area contributed by atoms with Crippen molar-refractivity contribution in [3.63, 3.8) is 0 Å². The lowest BCUT2D eigenvalue weighted by Crippen LogP contribution is -2.64. The quantitative estimate of drug-likeness (QED) is 0.0149. The van der Waals surface area contributed by atoms with Crippen LogP contribution in [0.2, 0.25) is 0 Å². The van der Waals surface area contributed by atoms with E-state index in [4.69, 9.17) is 18.5 Å². The van der Waals surface area contributed by atoms with Crippen LogP contribution in [0.1, 0.15) is 149 Å². The SMILES string of the molecule is CC/C=C\C/C=C\C/C=C\C/C=C\C/C=C\C/C=C\CCCOCC(COP(=O)(O)OC1C(O)C(O)C(O)C(O)C1O)OC(=O)CCCCCCC/C=C\C/C=C\CCCCCC. The van der Waals surface area contributed by atoms with Gasteiger partial charge in [0.1, 0.15) is 42.7 Å². The smallest absolute Gasteiger partial charge is 0.457 e. The Labute approximate surface area is 379 Å². The highest BCUT2D eigenvalue weighted by Gasteiger charge is 2.51. The van der Waals surface area contributed by atoms with E-state index in [0.717, 1.165) is 89.9 Å². The number of hydrogen-bond acceptors (Lipinski definition) is 11. The molecule has 63 heavy (non-hydrogen) atoms. The highest BCUT2D eigenvalue weighted by Crippen LogP contribution is 2.47. The van der Waals surface area contributed by atoms with Crippen molar-refractivity contribution in [1.29, 1.82) is 0 Å². The molecule has 0 aromatic rings. The van der Waals surface area contributed by atoms with Crippen molar-refractivity contribution < 1.29 is 58.3 Å². The number of unbranched alkanes of at least 4 members (excludes halogenated alkanes) is 10. The van der Waals surface area contributed by atoms with E-state index in [9.17, 15) is 39.8 Å². The van der Waals surface area contributed by atoms with E-state index in [-0.39, 0.29) is 13.0 Å². The zero-order valence-electron chi connectivity index (χ0n) is 38.3. The number of rotatable bonds is 38. The summed E-state index contributed by atoms with van der Waals surface area (Å²) < 4.78 is 34.1. The lowest BCUT2D eigenvalue weighted by atomic mass is 9.85. The Morgan fingerprint density at radius 3 is 1.43 bits per heavy atom. The number of carbonyl (C=O) groups is 1. The van der Waals surface area contributed by atoms with Crippen LogP contribution < -0.4 is 0 Å². The second-order valence-electron chi connectivity index (χ2n) is 15.9. The maximum atomic E-state index is 12.8. The van der Waals surface area contributed by atoms with Crippen molar-refractivity contribution in [3.8, 4) is 0 Å². The molecule has 6 N–H and O–H groups in total. The molecule has 13 heteroatoms. The summed E-state index contributed by atoms with van der Waals surface area (Å²) >= 11 is 0. The molecule has 6 atom stereocenters. The van der Waals surface area contributed by atoms with Crippen LogP contribution in [0.5, 0.6) is 0 Å². The molecule has 1 aliphatic carbocycles. The molecule has 0 aliphatic heterocycles. The van der Waals surface area contributed by atoms with Crippen molar-refractivity contribution in [2.75, 3.05) is 19.8 Å². The number of phosphoric acid groups is 1. The molecule has 0 radical (unpaired) electrons. The maximum Gasteiger partial charge on any atom is 0.472 e. The van der Waals surface area contributed by atoms with Gasteiger partial charge in [-0.3, -0.25) is 13.8 Å². The summed E-state index contributed by atoms with van der Waals surface area (Å²) in [5.74, 6) is -0.515. The van der Waals surface area contributed by atoms with E-state index in [2.05, 4.69) is 111 Å². The van der Waals surface area contributed by atoms with Crippen molar-refractivity contribution >= 4 is 13.8 Å². The van der Waals surface area contributed by atoms with E-state index in [1.54, 1.807) is 0 Å². The minimum Gasteiger partial charge on any atom is -0.457 e. The zero-order valence-corrected chi connectivity index (χ0v) is 39.2. The summed E-state index contributed by atoms with van der Waals surface area (Å²) in [5.41, 5.74) is 0. The summed E-state index contributed by atoms with van der Waals surface area (Å²) in [7, 11) is -5.05. The van der Waals surface area contributed by atoms with Crippen molar-refractivity contribution in [1.82, 2.24) is 0 Å². The molecule has 0 spiro atoms. The Morgan fingerprint density at radius 1 is 0.524 bits per heavy atom. The molecule has 6 unspecified atom stereocenters. The number of carbonyl (C=O) groups excluding carboxylic acids is 1. The molecule has 0 heterocycles. The number of aliphatic hydroxyl groups excluding tert-OH is 5. The van der Waals surface area contributed by atoms with E-state index in [0.29, 0.717) is 19.4 Å². The molecule has 360 valence electrons. The Hall–Kier alpha value is -2.74. The van der Waals surface area contributed by atoms with Gasteiger partial charge in [-0.2, -0.15) is 0 Å². The van der Waals surface area contributed by atoms with Gasteiger partial charge in [0.2, 0.25) is 0 Å². The predicted molar refractivity (Wildman–Crippen MR) is 253 cm³/mol. The van der Waals surface area contributed by atoms with Gasteiger partial charge in [0.25, 0.3) is 0 Å². The second-order valence-corrected chi connectivity index (χ2v) is 17.3. The second kappa shape index (κ2) is 39.6. The lowest BCUT2D eigenvalue weighted by molar-refractivity contribution is -0.220. The standard InChI is InChI=1S/C50H83O12P/c1-3-5-7-9-11-13-15-17-19-21-22-23-24-26-28-30-32-34-36-38-40-59-41-43(42-60-63(57,58)62-50-48(55)46(53)45(52)47(54)49(50)56)61-44(51)39-37-35-33-31-29-27-25-20-18-16-14-12-10-8-6-4-2/h5,7,11,13-14,16-17,19-20,22-23,25-26,28,32,34,43,45-50,52-56H,3-4,6,8-10,12,15,18,21,24,27,29-31,33,35-42H2,1-2H3,(H,57,58)/b7-5-,13-11-,16-14-,19-17-,23-22-,25-20-,28-26-,34-32-. The van der Waals surface area contributed by atoms with Crippen molar-refractivity contribution in [2.24, 2.45) is 0 Å². The van der Waals surface area contributed by atoms with Crippen LogP contribution in [-0.4, -0.2) is 98.9 Å². The van der Waals surface area contributed by atoms with E-state index in [1.807, 2.05) is 0 Å². The number of allylic oxidation sites excluding steroid dienone is 16. The monoisotopic (exact) mass is 907 g/mol. The lowest BCUT2D eigenvalue weighted by Gasteiger charge is -2.41. The Morgan fingerprint density at radius 2 is 0.937 bits per heavy atom. The fourth-order valence-corrected chi connectivity index (χ4v) is 7.43. The molecule has 1 fully saturated rings. The molecular weight excluding hydrogens is 824 g/mol. The first-order chi connectivity index (χ1) is 30.5. The van der Waals surface area contributed by atoms with E-state index < -0.39 is 63.1 Å². The molecule has 12 nitrogen and oxygen atoms in total. The topological polar surface area (TPSA) is 192 Å². The molecule has 0 saturated heterocycles. The van der Waals surface area contributed by atoms with Gasteiger partial charge in [-0.25, -0.2) is 4.57 Å². The summed E-state index contributed by atoms with van der Waals surface area (Å²) in [6.45, 7) is 3.95. The maximum absolute atomic E-state index is 12.8. The van der Waals surface area contributed by atoms with Crippen LogP contribution >= 0.6 is 7.82 Å². The van der Waals surface area contributed by atoms with Crippen LogP contribution in [0, 0.1) is 0 Å². The minimum absolute atomic E-state index is 0.129. The summed E-state index contributed by atoms with van der Waals surface area (Å²) in [4.78, 5) is 23.2. The van der Waals surface area contributed by atoms with Crippen LogP contribution in [0.15, 0.2) is 97.2 Å². The average molecular weight is 907 g/mol. The van der Waals surface area contributed by atoms with Crippen LogP contribution in [0.25, 0.3) is 0 Å². The van der Waals surface area contributed by atoms with E-state index >= 15 is 0 Å². The van der Waals surface area contributed by atoms with Gasteiger partial charge in [0, 0.05) is 13.0 Å². The molecule has 1 saturated carbocycles. The van der Waals surface area contributed by atoms with Gasteiger partial charge in [-0.15, -0.1) is 0 Å². The molecule has 1 aliphatic rings. The molecule has 1 rings (SSSR count). The fourth-order valence-electron chi connectivity index (χ4n) is 6.46. The molecule has 0 bridgehead atoms. The first kappa shape index (κ1) is 58.3. The van der Waals surface area contributed by atoms with Gasteiger partial charge >= 0.3 is 13.8 Å². The van der Waals surface area contributed by atoms with Crippen molar-refractivity contribution in [2.45, 2.75) is 191 Å². The number of hydrogen-bond donors (Lipinski definition) is 6. The third-order valence-electron chi connectivity index (χ3n) is 10.2. The molecule has 0 aromatic heterocycles. The normalized spacial score (nSPS) is 22.7. The van der Waals surface area contributed by atoms with Crippen LogP contribution in [0.3, 0.4) is 0 Å². The molecular formula is C50H83O12P. The Balaban J connectivity index is 2.46. The van der Waals surface area contributed by atoms with Gasteiger partial charge in [0.05, 0.1) is 13.2 Å². The van der Waals surface area contributed by atoms with E-state index in [1.165, 1.54) is 25.7 Å². The average Bonchev–Trinajstić information content (AvgIpc) is 3.27. The summed E-state index contributed by atoms with van der Waals surface area (Å²) in [6, 6.07) is 0. The minimum atomic E-state index is -5.05. The van der Waals surface area contributed by atoms with Gasteiger partial charge in [0.15, 0.2) is 0 Å². The highest BCUT2D eigenvalue weighted by molar-refractivity contribution is 7.47. The van der Waals surface area contributed by atoms with Crippen molar-refractivity contribution in [3.05, 3.63) is 97.2 Å². The number of aliphatic hydroxyl groups is 5. The van der Waals surface area contributed by atoms with Crippen LogP contribution in [-0.2, 0) is 27.9 Å². The zero-order chi connectivity index (χ0) is 46.2. The molecule has 0 aromatic carbocycles. The van der Waals surface area contributed by atoms with Gasteiger partial charge < -0.3 is 39.9 Å². The number of esters is 1. The van der Waals surface area contributed by atoms with Crippen LogP contribution in [0.4, 0.5) is 0 Å².